The predicted octanol–water partition coefficient (Wildman–Crippen LogP) is 1.52. The average molecular weight is 216 g/mol. The lowest BCUT2D eigenvalue weighted by Crippen LogP contribution is -2.23. The van der Waals surface area contributed by atoms with Gasteiger partial charge in [0.1, 0.15) is 0 Å². The Hall–Kier alpha value is -0.650. The first kappa shape index (κ1) is 11.4. The fourth-order valence-electron chi connectivity index (χ4n) is 1.30. The molecule has 0 aliphatic heterocycles. The maximum Gasteiger partial charge on any atom is 0.177 e. The Balaban J connectivity index is 2.66. The highest BCUT2D eigenvalue weighted by Crippen LogP contribution is 2.01. The number of imidazole rings is 1. The van der Waals surface area contributed by atoms with Gasteiger partial charge >= 0.3 is 0 Å². The normalized spacial score (nSPS) is 13.1. The summed E-state index contributed by atoms with van der Waals surface area (Å²) in [6.45, 7) is 3.26. The third kappa shape index (κ3) is 2.94. The van der Waals surface area contributed by atoms with Crippen molar-refractivity contribution in [3.63, 3.8) is 0 Å². The van der Waals surface area contributed by atoms with E-state index in [1.807, 2.05) is 17.7 Å². The molecule has 0 aromatic carbocycles. The molecule has 1 atom stereocenters. The Kier molecular flexibility index (Phi) is 4.31. The predicted molar refractivity (Wildman–Crippen MR) is 57.0 cm³/mol. The van der Waals surface area contributed by atoms with Gasteiger partial charge in [0.15, 0.2) is 4.77 Å². The number of methoxy groups -OCH3 is 2. The van der Waals surface area contributed by atoms with Crippen molar-refractivity contribution < 1.29 is 9.47 Å². The minimum Gasteiger partial charge on any atom is -0.382 e. The van der Waals surface area contributed by atoms with Crippen LogP contribution in [0, 0.1) is 11.7 Å². The molecule has 0 aliphatic rings. The van der Waals surface area contributed by atoms with E-state index < -0.39 is 0 Å². The van der Waals surface area contributed by atoms with Gasteiger partial charge in [0.05, 0.1) is 19.3 Å². The topological polar surface area (TPSA) is 39.2 Å². The van der Waals surface area contributed by atoms with E-state index in [0.717, 1.165) is 10.5 Å². The smallest absolute Gasteiger partial charge is 0.177 e. The van der Waals surface area contributed by atoms with Gasteiger partial charge in [-0.05, 0) is 19.1 Å². The molecule has 1 rings (SSSR count). The van der Waals surface area contributed by atoms with Crippen LogP contribution in [0.15, 0.2) is 6.20 Å². The van der Waals surface area contributed by atoms with Crippen molar-refractivity contribution in [3.05, 3.63) is 16.7 Å². The van der Waals surface area contributed by atoms with Crippen LogP contribution in [-0.2, 0) is 16.0 Å². The summed E-state index contributed by atoms with van der Waals surface area (Å²) in [6, 6.07) is 0. The second-order valence-corrected chi connectivity index (χ2v) is 3.59. The van der Waals surface area contributed by atoms with Gasteiger partial charge < -0.3 is 19.0 Å². The fraction of sp³-hybridized carbons (Fsp3) is 0.667. The molecule has 0 amide bonds. The van der Waals surface area contributed by atoms with Crippen molar-refractivity contribution in [2.45, 2.75) is 19.6 Å². The lowest BCUT2D eigenvalue weighted by Gasteiger charge is -2.14. The SMILES string of the molecule is COCC(Cn1cc(C)[nH]c1=S)OC. The highest BCUT2D eigenvalue weighted by Gasteiger charge is 2.08. The number of aromatic amines is 1. The van der Waals surface area contributed by atoms with Gasteiger partial charge in [0.25, 0.3) is 0 Å². The summed E-state index contributed by atoms with van der Waals surface area (Å²) in [5.74, 6) is 0. The fourth-order valence-corrected chi connectivity index (χ4v) is 1.59. The zero-order chi connectivity index (χ0) is 10.6. The molecule has 1 aromatic heterocycles. The summed E-state index contributed by atoms with van der Waals surface area (Å²) < 4.78 is 13.0. The second-order valence-electron chi connectivity index (χ2n) is 3.21. The van der Waals surface area contributed by atoms with Crippen LogP contribution in [0.2, 0.25) is 0 Å². The van der Waals surface area contributed by atoms with Crippen molar-refractivity contribution in [2.24, 2.45) is 0 Å². The summed E-state index contributed by atoms with van der Waals surface area (Å²) in [5, 5.41) is 0. The number of aryl methyl sites for hydroxylation is 1. The van der Waals surface area contributed by atoms with E-state index in [2.05, 4.69) is 4.98 Å². The zero-order valence-electron chi connectivity index (χ0n) is 8.74. The molecule has 0 saturated heterocycles. The molecule has 0 fully saturated rings. The molecule has 1 unspecified atom stereocenters. The highest BCUT2D eigenvalue weighted by atomic mass is 32.1. The Bertz CT molecular complexity index is 332. The van der Waals surface area contributed by atoms with Gasteiger partial charge in [-0.15, -0.1) is 0 Å². The Labute approximate surface area is 88.8 Å². The molecular weight excluding hydrogens is 200 g/mol. The number of hydrogen-bond acceptors (Lipinski definition) is 3. The number of hydrogen-bond donors (Lipinski definition) is 1. The molecule has 0 saturated carbocycles. The Morgan fingerprint density at radius 2 is 2.29 bits per heavy atom. The van der Waals surface area contributed by atoms with Gasteiger partial charge in [-0.1, -0.05) is 0 Å². The standard InChI is InChI=1S/C9H16N2O2S/c1-7-4-11(9(14)10-7)5-8(13-3)6-12-2/h4,8H,5-6H2,1-3H3,(H,10,14). The molecule has 0 radical (unpaired) electrons. The molecule has 5 heteroatoms. The van der Waals surface area contributed by atoms with Crippen LogP contribution in [0.5, 0.6) is 0 Å². The summed E-state index contributed by atoms with van der Waals surface area (Å²) in [6.07, 6.45) is 2.02. The van der Waals surface area contributed by atoms with Gasteiger partial charge in [0, 0.05) is 26.1 Å². The third-order valence-corrected chi connectivity index (χ3v) is 2.34. The van der Waals surface area contributed by atoms with Crippen LogP contribution in [0.1, 0.15) is 5.69 Å². The molecule has 0 bridgehead atoms. The molecule has 4 nitrogen and oxygen atoms in total. The van der Waals surface area contributed by atoms with Gasteiger partial charge in [0.2, 0.25) is 0 Å². The molecule has 1 aromatic rings. The first-order valence-electron chi connectivity index (χ1n) is 4.45. The highest BCUT2D eigenvalue weighted by molar-refractivity contribution is 7.71. The van der Waals surface area contributed by atoms with Crippen molar-refractivity contribution in [1.82, 2.24) is 9.55 Å². The molecule has 80 valence electrons. The van der Waals surface area contributed by atoms with E-state index in [1.165, 1.54) is 0 Å². The molecule has 14 heavy (non-hydrogen) atoms. The van der Waals surface area contributed by atoms with Gasteiger partial charge in [-0.3, -0.25) is 0 Å². The number of H-pyrrole nitrogens is 1. The van der Waals surface area contributed by atoms with Gasteiger partial charge in [-0.2, -0.15) is 0 Å². The molecule has 0 aliphatic carbocycles. The lowest BCUT2D eigenvalue weighted by atomic mass is 10.3. The summed E-state index contributed by atoms with van der Waals surface area (Å²) in [5.41, 5.74) is 1.06. The first-order chi connectivity index (χ1) is 6.67. The zero-order valence-corrected chi connectivity index (χ0v) is 9.56. The van der Waals surface area contributed by atoms with Crippen LogP contribution in [0.3, 0.4) is 0 Å². The maximum atomic E-state index is 5.25. The number of nitrogens with zero attached hydrogens (tertiary/aromatic N) is 1. The largest absolute Gasteiger partial charge is 0.382 e. The van der Waals surface area contributed by atoms with E-state index in [-0.39, 0.29) is 6.10 Å². The summed E-state index contributed by atoms with van der Waals surface area (Å²) in [4.78, 5) is 3.06. The van der Waals surface area contributed by atoms with E-state index in [0.29, 0.717) is 13.2 Å². The molecular formula is C9H16N2O2S. The molecule has 1 N–H and O–H groups in total. The van der Waals surface area contributed by atoms with E-state index in [1.54, 1.807) is 14.2 Å². The van der Waals surface area contributed by atoms with E-state index >= 15 is 0 Å². The van der Waals surface area contributed by atoms with Crippen LogP contribution < -0.4 is 0 Å². The van der Waals surface area contributed by atoms with Crippen LogP contribution in [0.4, 0.5) is 0 Å². The number of rotatable bonds is 5. The van der Waals surface area contributed by atoms with Crippen molar-refractivity contribution in [2.75, 3.05) is 20.8 Å². The minimum absolute atomic E-state index is 0.0434. The van der Waals surface area contributed by atoms with Crippen molar-refractivity contribution >= 4 is 12.2 Å². The maximum absolute atomic E-state index is 5.25. The number of ether oxygens (including phenoxy) is 2. The average Bonchev–Trinajstić information content (AvgIpc) is 2.44. The van der Waals surface area contributed by atoms with Crippen molar-refractivity contribution in [3.8, 4) is 0 Å². The lowest BCUT2D eigenvalue weighted by molar-refractivity contribution is 0.0181. The number of nitrogens with one attached hydrogen (secondary N) is 1. The number of aromatic nitrogens is 2. The van der Waals surface area contributed by atoms with Crippen LogP contribution >= 0.6 is 12.2 Å². The monoisotopic (exact) mass is 216 g/mol. The second kappa shape index (κ2) is 5.29. The van der Waals surface area contributed by atoms with Gasteiger partial charge in [-0.25, -0.2) is 0 Å². The molecule has 1 heterocycles. The summed E-state index contributed by atoms with van der Waals surface area (Å²) >= 11 is 5.13. The molecule has 0 spiro atoms. The quantitative estimate of drug-likeness (QED) is 0.758. The van der Waals surface area contributed by atoms with E-state index in [9.17, 15) is 0 Å². The van der Waals surface area contributed by atoms with Crippen molar-refractivity contribution in [1.29, 1.82) is 0 Å². The Morgan fingerprint density at radius 3 is 2.71 bits per heavy atom. The first-order valence-corrected chi connectivity index (χ1v) is 4.86. The van der Waals surface area contributed by atoms with E-state index in [4.69, 9.17) is 21.7 Å². The Morgan fingerprint density at radius 1 is 1.57 bits per heavy atom. The van der Waals surface area contributed by atoms with Crippen LogP contribution in [-0.4, -0.2) is 36.5 Å². The third-order valence-electron chi connectivity index (χ3n) is 2.00. The summed E-state index contributed by atoms with van der Waals surface area (Å²) in [7, 11) is 3.33. The minimum atomic E-state index is 0.0434. The van der Waals surface area contributed by atoms with Crippen LogP contribution in [0.25, 0.3) is 0 Å².